The van der Waals surface area contributed by atoms with E-state index in [1.54, 1.807) is 6.07 Å². The molecule has 0 aliphatic rings. The van der Waals surface area contributed by atoms with Crippen molar-refractivity contribution in [1.29, 1.82) is 5.26 Å². The molecule has 25 heavy (non-hydrogen) atoms. The Morgan fingerprint density at radius 2 is 1.68 bits per heavy atom. The molecule has 1 heterocycles. The first kappa shape index (κ1) is 16.5. The highest BCUT2D eigenvalue weighted by Crippen LogP contribution is 2.25. The van der Waals surface area contributed by atoms with Crippen LogP contribution in [0.3, 0.4) is 0 Å². The van der Waals surface area contributed by atoms with Crippen molar-refractivity contribution in [2.75, 3.05) is 10.6 Å². The van der Waals surface area contributed by atoms with Gasteiger partial charge >= 0.3 is 0 Å². The molecule has 2 aromatic carbocycles. The predicted molar refractivity (Wildman–Crippen MR) is 101 cm³/mol. The lowest BCUT2D eigenvalue weighted by molar-refractivity contribution is 0.876. The average molecular weight is 329 g/mol. The van der Waals surface area contributed by atoms with Gasteiger partial charge in [-0.2, -0.15) is 10.2 Å². The quantitative estimate of drug-likeness (QED) is 0.717. The molecule has 0 radical (unpaired) electrons. The maximum atomic E-state index is 9.27. The van der Waals surface area contributed by atoms with Crippen LogP contribution in [0.5, 0.6) is 0 Å². The van der Waals surface area contributed by atoms with Crippen LogP contribution in [0, 0.1) is 11.3 Å². The van der Waals surface area contributed by atoms with Crippen molar-refractivity contribution in [3.05, 3.63) is 66.2 Å². The Labute approximate surface area is 147 Å². The summed E-state index contributed by atoms with van der Waals surface area (Å²) >= 11 is 0. The molecule has 0 unspecified atom stereocenters. The van der Waals surface area contributed by atoms with Crippen LogP contribution in [-0.2, 0) is 0 Å². The Morgan fingerprint density at radius 3 is 2.40 bits per heavy atom. The summed E-state index contributed by atoms with van der Waals surface area (Å²) in [5.41, 5.74) is 3.11. The Kier molecular flexibility index (Phi) is 4.91. The van der Waals surface area contributed by atoms with Gasteiger partial charge in [-0.05, 0) is 26.0 Å². The minimum Gasteiger partial charge on any atom is -0.352 e. The Hall–Kier alpha value is -3.39. The van der Waals surface area contributed by atoms with Crippen molar-refractivity contribution in [2.45, 2.75) is 19.9 Å². The molecule has 5 nitrogen and oxygen atoms in total. The second-order valence-electron chi connectivity index (χ2n) is 5.91. The molecule has 0 spiro atoms. The first-order valence-corrected chi connectivity index (χ1v) is 8.13. The summed E-state index contributed by atoms with van der Waals surface area (Å²) in [5, 5.41) is 15.7. The zero-order chi connectivity index (χ0) is 17.6. The molecular formula is C20H19N5. The van der Waals surface area contributed by atoms with Gasteiger partial charge in [0.1, 0.15) is 11.9 Å². The van der Waals surface area contributed by atoms with Crippen molar-refractivity contribution in [3.63, 3.8) is 0 Å². The molecule has 0 bridgehead atoms. The van der Waals surface area contributed by atoms with Gasteiger partial charge < -0.3 is 10.6 Å². The summed E-state index contributed by atoms with van der Waals surface area (Å²) in [6.45, 7) is 4.08. The Balaban J connectivity index is 2.02. The van der Waals surface area contributed by atoms with Crippen LogP contribution in [0.15, 0.2) is 60.7 Å². The summed E-state index contributed by atoms with van der Waals surface area (Å²) in [5.74, 6) is 1.19. The Morgan fingerprint density at radius 1 is 0.960 bits per heavy atom. The minimum atomic E-state index is 0.213. The molecule has 0 atom stereocenters. The van der Waals surface area contributed by atoms with E-state index in [9.17, 15) is 5.26 Å². The molecule has 0 fully saturated rings. The van der Waals surface area contributed by atoms with Crippen LogP contribution in [0.4, 0.5) is 17.5 Å². The molecule has 1 aromatic heterocycles. The minimum absolute atomic E-state index is 0.213. The van der Waals surface area contributed by atoms with Crippen molar-refractivity contribution in [3.8, 4) is 17.3 Å². The van der Waals surface area contributed by atoms with Gasteiger partial charge in [0.2, 0.25) is 5.95 Å². The van der Waals surface area contributed by atoms with Gasteiger partial charge in [0.25, 0.3) is 0 Å². The lowest BCUT2D eigenvalue weighted by Gasteiger charge is -2.13. The van der Waals surface area contributed by atoms with E-state index in [1.165, 1.54) is 0 Å². The van der Waals surface area contributed by atoms with Crippen molar-refractivity contribution >= 4 is 17.5 Å². The molecule has 2 N–H and O–H groups in total. The number of hydrogen-bond donors (Lipinski definition) is 2. The van der Waals surface area contributed by atoms with Crippen molar-refractivity contribution in [1.82, 2.24) is 9.97 Å². The molecule has 0 amide bonds. The summed E-state index contributed by atoms with van der Waals surface area (Å²) in [4.78, 5) is 9.13. The Bertz CT molecular complexity index is 897. The van der Waals surface area contributed by atoms with E-state index in [4.69, 9.17) is 0 Å². The lowest BCUT2D eigenvalue weighted by Crippen LogP contribution is -2.13. The highest BCUT2D eigenvalue weighted by atomic mass is 15.2. The summed E-state index contributed by atoms with van der Waals surface area (Å²) < 4.78 is 0. The van der Waals surface area contributed by atoms with Gasteiger partial charge in [0, 0.05) is 17.7 Å². The van der Waals surface area contributed by atoms with Crippen LogP contribution >= 0.6 is 0 Å². The third kappa shape index (κ3) is 4.12. The number of nitrogens with zero attached hydrogens (tertiary/aromatic N) is 3. The number of hydrogen-bond acceptors (Lipinski definition) is 5. The number of anilines is 3. The topological polar surface area (TPSA) is 73.6 Å². The fourth-order valence-electron chi connectivity index (χ4n) is 2.42. The maximum absolute atomic E-state index is 9.27. The monoisotopic (exact) mass is 329 g/mol. The second kappa shape index (κ2) is 7.45. The summed E-state index contributed by atoms with van der Waals surface area (Å²) in [6.07, 6.45) is 0. The molecule has 0 saturated heterocycles. The zero-order valence-corrected chi connectivity index (χ0v) is 14.2. The molecule has 0 aliphatic carbocycles. The number of benzene rings is 2. The van der Waals surface area contributed by atoms with Gasteiger partial charge in [-0.15, -0.1) is 0 Å². The maximum Gasteiger partial charge on any atom is 0.225 e. The normalized spacial score (nSPS) is 10.3. The molecule has 0 aliphatic heterocycles. The third-order valence-corrected chi connectivity index (χ3v) is 3.52. The predicted octanol–water partition coefficient (Wildman–Crippen LogP) is 4.58. The fourth-order valence-corrected chi connectivity index (χ4v) is 2.42. The zero-order valence-electron chi connectivity index (χ0n) is 14.2. The highest BCUT2D eigenvalue weighted by Gasteiger charge is 2.09. The number of nitrogens with one attached hydrogen (secondary N) is 2. The van der Waals surface area contributed by atoms with Gasteiger partial charge in [-0.3, -0.25) is 0 Å². The number of para-hydroxylation sites is 1. The van der Waals surface area contributed by atoms with Crippen LogP contribution in [0.1, 0.15) is 19.4 Å². The van der Waals surface area contributed by atoms with Crippen LogP contribution in [-0.4, -0.2) is 16.0 Å². The lowest BCUT2D eigenvalue weighted by atomic mass is 10.1. The van der Waals surface area contributed by atoms with Crippen LogP contribution < -0.4 is 10.6 Å². The van der Waals surface area contributed by atoms with Crippen molar-refractivity contribution in [2.24, 2.45) is 0 Å². The van der Waals surface area contributed by atoms with Crippen LogP contribution in [0.25, 0.3) is 11.3 Å². The van der Waals surface area contributed by atoms with Crippen LogP contribution in [0.2, 0.25) is 0 Å². The fraction of sp³-hybridized carbons (Fsp3) is 0.150. The van der Waals surface area contributed by atoms with E-state index < -0.39 is 0 Å². The van der Waals surface area contributed by atoms with Gasteiger partial charge in [-0.1, -0.05) is 42.5 Å². The van der Waals surface area contributed by atoms with E-state index in [-0.39, 0.29) is 6.04 Å². The largest absolute Gasteiger partial charge is 0.352 e. The highest BCUT2D eigenvalue weighted by molar-refractivity contribution is 5.69. The number of rotatable bonds is 5. The SMILES string of the molecule is CC(C)Nc1nc(Nc2ccccc2C#N)cc(-c2ccccc2)n1. The van der Waals surface area contributed by atoms with Gasteiger partial charge in [0.05, 0.1) is 16.9 Å². The first-order chi connectivity index (χ1) is 12.2. The molecule has 0 saturated carbocycles. The van der Waals surface area contributed by atoms with E-state index in [0.717, 1.165) is 16.9 Å². The summed E-state index contributed by atoms with van der Waals surface area (Å²) in [6, 6.07) is 21.6. The third-order valence-electron chi connectivity index (χ3n) is 3.52. The molecule has 3 aromatic rings. The number of nitriles is 1. The molecule has 3 rings (SSSR count). The number of aromatic nitrogens is 2. The van der Waals surface area contributed by atoms with Gasteiger partial charge in [-0.25, -0.2) is 4.98 Å². The van der Waals surface area contributed by atoms with E-state index in [2.05, 4.69) is 26.7 Å². The molecule has 124 valence electrons. The molecular weight excluding hydrogens is 310 g/mol. The van der Waals surface area contributed by atoms with E-state index in [1.807, 2.05) is 68.4 Å². The second-order valence-corrected chi connectivity index (χ2v) is 5.91. The van der Waals surface area contributed by atoms with Crippen molar-refractivity contribution < 1.29 is 0 Å². The van der Waals surface area contributed by atoms with E-state index in [0.29, 0.717) is 17.3 Å². The smallest absolute Gasteiger partial charge is 0.225 e. The summed E-state index contributed by atoms with van der Waals surface area (Å²) in [7, 11) is 0. The van der Waals surface area contributed by atoms with Gasteiger partial charge in [0.15, 0.2) is 0 Å². The molecule has 5 heteroatoms. The average Bonchev–Trinajstić information content (AvgIpc) is 2.62. The standard InChI is InChI=1S/C20H19N5/c1-14(2)22-20-24-18(15-8-4-3-5-9-15)12-19(25-20)23-17-11-7-6-10-16(17)13-21/h3-12,14H,1-2H3,(H2,22,23,24,25). The first-order valence-electron chi connectivity index (χ1n) is 8.13. The van der Waals surface area contributed by atoms with E-state index >= 15 is 0 Å².